The van der Waals surface area contributed by atoms with Crippen LogP contribution in [0.3, 0.4) is 0 Å². The van der Waals surface area contributed by atoms with E-state index in [0.29, 0.717) is 13.2 Å². The highest BCUT2D eigenvalue weighted by Crippen LogP contribution is 2.41. The van der Waals surface area contributed by atoms with Crippen molar-refractivity contribution in [3.8, 4) is 0 Å². The molecular weight excluding hydrogens is 394 g/mol. The van der Waals surface area contributed by atoms with Gasteiger partial charge in [-0.15, -0.1) is 11.3 Å². The molecule has 3 aliphatic rings. The molecule has 1 N–H and O–H groups in total. The van der Waals surface area contributed by atoms with E-state index >= 15 is 0 Å². The first-order valence-corrected chi connectivity index (χ1v) is 11.8. The third kappa shape index (κ3) is 3.97. The Morgan fingerprint density at radius 2 is 1.77 bits per heavy atom. The maximum atomic E-state index is 13.0. The first-order chi connectivity index (χ1) is 14.7. The van der Waals surface area contributed by atoms with E-state index in [1.807, 2.05) is 5.01 Å². The van der Waals surface area contributed by atoms with E-state index in [4.69, 9.17) is 4.74 Å². The molecule has 0 bridgehead atoms. The number of ether oxygens (including phenoxy) is 1. The lowest BCUT2D eigenvalue weighted by Crippen LogP contribution is -2.48. The summed E-state index contributed by atoms with van der Waals surface area (Å²) in [6.45, 7) is 5.03. The summed E-state index contributed by atoms with van der Waals surface area (Å²) in [5, 5.41) is 1.97. The molecule has 0 saturated carbocycles. The van der Waals surface area contributed by atoms with Crippen LogP contribution in [0.4, 0.5) is 0 Å². The monoisotopic (exact) mass is 423 g/mol. The number of rotatable bonds is 2. The standard InChI is InChI=1S/C24H29N3O2S/c1-26-10-8-18(9-11-26)23-19-5-3-2-4-17(19)6-7-21-20(23)16-22(30-21)24(28)25-27-12-14-29-15-13-27/h2-5,16H,6-15H2,1H3,(H,25,28). The lowest BCUT2D eigenvalue weighted by atomic mass is 9.87. The van der Waals surface area contributed by atoms with Crippen LogP contribution in [0.15, 0.2) is 35.9 Å². The van der Waals surface area contributed by atoms with Crippen molar-refractivity contribution in [2.24, 2.45) is 0 Å². The third-order valence-electron chi connectivity index (χ3n) is 6.43. The Labute approximate surface area is 182 Å². The maximum Gasteiger partial charge on any atom is 0.275 e. The van der Waals surface area contributed by atoms with Gasteiger partial charge in [-0.25, -0.2) is 5.01 Å². The van der Waals surface area contributed by atoms with Gasteiger partial charge in [0.05, 0.1) is 18.1 Å². The maximum absolute atomic E-state index is 13.0. The van der Waals surface area contributed by atoms with Gasteiger partial charge < -0.3 is 9.64 Å². The fourth-order valence-corrected chi connectivity index (χ4v) is 5.76. The first kappa shape index (κ1) is 19.9. The number of aryl methyl sites for hydroxylation is 2. The van der Waals surface area contributed by atoms with Gasteiger partial charge in [-0.3, -0.25) is 10.2 Å². The highest BCUT2D eigenvalue weighted by molar-refractivity contribution is 7.14. The van der Waals surface area contributed by atoms with Crippen molar-refractivity contribution in [1.29, 1.82) is 0 Å². The van der Waals surface area contributed by atoms with Crippen molar-refractivity contribution in [2.45, 2.75) is 25.7 Å². The lowest BCUT2D eigenvalue weighted by Gasteiger charge is -2.27. The average molecular weight is 424 g/mol. The van der Waals surface area contributed by atoms with Crippen LogP contribution >= 0.6 is 11.3 Å². The molecule has 6 heteroatoms. The summed E-state index contributed by atoms with van der Waals surface area (Å²) in [5.41, 5.74) is 10.1. The molecule has 1 aliphatic carbocycles. The van der Waals surface area contributed by atoms with Crippen LogP contribution < -0.4 is 5.43 Å². The average Bonchev–Trinajstić information content (AvgIpc) is 3.13. The number of hydrogen-bond donors (Lipinski definition) is 1. The quantitative estimate of drug-likeness (QED) is 0.805. The van der Waals surface area contributed by atoms with Crippen molar-refractivity contribution < 1.29 is 9.53 Å². The second kappa shape index (κ2) is 8.63. The zero-order valence-electron chi connectivity index (χ0n) is 17.6. The number of hydrogen-bond acceptors (Lipinski definition) is 5. The first-order valence-electron chi connectivity index (χ1n) is 10.9. The second-order valence-electron chi connectivity index (χ2n) is 8.43. The molecule has 0 unspecified atom stereocenters. The molecule has 2 saturated heterocycles. The molecule has 0 spiro atoms. The van der Waals surface area contributed by atoms with Crippen molar-refractivity contribution in [3.63, 3.8) is 0 Å². The molecular formula is C24H29N3O2S. The minimum absolute atomic E-state index is 0.0102. The van der Waals surface area contributed by atoms with E-state index in [1.54, 1.807) is 16.9 Å². The molecule has 2 aromatic rings. The number of fused-ring (bicyclic) bond motifs is 2. The molecule has 1 aromatic carbocycles. The number of carbonyl (C=O) groups is 1. The van der Waals surface area contributed by atoms with Crippen LogP contribution in [0.1, 0.15) is 44.1 Å². The number of benzene rings is 1. The van der Waals surface area contributed by atoms with E-state index in [0.717, 1.165) is 56.7 Å². The number of thiophene rings is 1. The molecule has 2 aliphatic heterocycles. The molecule has 5 nitrogen and oxygen atoms in total. The Morgan fingerprint density at radius 1 is 1.00 bits per heavy atom. The number of hydrazine groups is 1. The van der Waals surface area contributed by atoms with E-state index in [9.17, 15) is 4.79 Å². The van der Waals surface area contributed by atoms with E-state index in [1.165, 1.54) is 27.1 Å². The molecule has 1 aromatic heterocycles. The van der Waals surface area contributed by atoms with Crippen LogP contribution in [0.2, 0.25) is 0 Å². The van der Waals surface area contributed by atoms with E-state index in [2.05, 4.69) is 47.7 Å². The van der Waals surface area contributed by atoms with Gasteiger partial charge in [0.2, 0.25) is 0 Å². The van der Waals surface area contributed by atoms with Gasteiger partial charge in [0, 0.05) is 31.1 Å². The summed E-state index contributed by atoms with van der Waals surface area (Å²) in [7, 11) is 2.20. The van der Waals surface area contributed by atoms with Gasteiger partial charge in [0.15, 0.2) is 0 Å². The van der Waals surface area contributed by atoms with Crippen molar-refractivity contribution >= 4 is 22.8 Å². The lowest BCUT2D eigenvalue weighted by molar-refractivity contribution is 0.0127. The summed E-state index contributed by atoms with van der Waals surface area (Å²) < 4.78 is 5.39. The summed E-state index contributed by atoms with van der Waals surface area (Å²) >= 11 is 1.67. The normalized spacial score (nSPS) is 20.4. The van der Waals surface area contributed by atoms with Crippen LogP contribution in [-0.4, -0.2) is 62.3 Å². The number of morpholine rings is 1. The Balaban J connectivity index is 1.52. The van der Waals surface area contributed by atoms with Crippen LogP contribution in [0.5, 0.6) is 0 Å². The van der Waals surface area contributed by atoms with E-state index < -0.39 is 0 Å². The van der Waals surface area contributed by atoms with Gasteiger partial charge >= 0.3 is 0 Å². The molecule has 3 heterocycles. The zero-order chi connectivity index (χ0) is 20.5. The number of nitrogens with one attached hydrogen (secondary N) is 1. The molecule has 0 atom stereocenters. The molecule has 2 fully saturated rings. The fourth-order valence-electron chi connectivity index (χ4n) is 4.71. The predicted molar refractivity (Wildman–Crippen MR) is 121 cm³/mol. The second-order valence-corrected chi connectivity index (χ2v) is 9.56. The molecule has 158 valence electrons. The Kier molecular flexibility index (Phi) is 5.74. The van der Waals surface area contributed by atoms with Crippen LogP contribution in [-0.2, 0) is 17.6 Å². The number of likely N-dealkylation sites (tertiary alicyclic amines) is 1. The van der Waals surface area contributed by atoms with Gasteiger partial charge in [-0.2, -0.15) is 0 Å². The fraction of sp³-hybridized carbons (Fsp3) is 0.458. The molecule has 5 rings (SSSR count). The van der Waals surface area contributed by atoms with Gasteiger partial charge in [0.25, 0.3) is 5.91 Å². The van der Waals surface area contributed by atoms with E-state index in [-0.39, 0.29) is 5.91 Å². The van der Waals surface area contributed by atoms with Gasteiger partial charge in [-0.1, -0.05) is 29.8 Å². The largest absolute Gasteiger partial charge is 0.379 e. The number of carbonyl (C=O) groups excluding carboxylic acids is 1. The van der Waals surface area contributed by atoms with Crippen LogP contribution in [0.25, 0.3) is 5.57 Å². The smallest absolute Gasteiger partial charge is 0.275 e. The minimum atomic E-state index is 0.0102. The highest BCUT2D eigenvalue weighted by atomic mass is 32.1. The third-order valence-corrected chi connectivity index (χ3v) is 7.62. The highest BCUT2D eigenvalue weighted by Gasteiger charge is 2.26. The molecule has 1 amide bonds. The number of piperidine rings is 1. The summed E-state index contributed by atoms with van der Waals surface area (Å²) in [4.78, 5) is 17.6. The minimum Gasteiger partial charge on any atom is -0.379 e. The van der Waals surface area contributed by atoms with Crippen LogP contribution in [0, 0.1) is 0 Å². The number of nitrogens with zero attached hydrogens (tertiary/aromatic N) is 2. The zero-order valence-corrected chi connectivity index (χ0v) is 18.4. The van der Waals surface area contributed by atoms with Crippen molar-refractivity contribution in [2.75, 3.05) is 46.4 Å². The Morgan fingerprint density at radius 3 is 2.57 bits per heavy atom. The predicted octanol–water partition coefficient (Wildman–Crippen LogP) is 3.35. The topological polar surface area (TPSA) is 44.8 Å². The summed E-state index contributed by atoms with van der Waals surface area (Å²) in [6.07, 6.45) is 4.24. The Bertz CT molecular complexity index is 965. The molecule has 0 radical (unpaired) electrons. The van der Waals surface area contributed by atoms with Crippen molar-refractivity contribution in [3.05, 3.63) is 62.3 Å². The van der Waals surface area contributed by atoms with Crippen molar-refractivity contribution in [1.82, 2.24) is 15.3 Å². The summed E-state index contributed by atoms with van der Waals surface area (Å²) in [6, 6.07) is 11.0. The number of amides is 1. The molecule has 30 heavy (non-hydrogen) atoms. The van der Waals surface area contributed by atoms with Gasteiger partial charge in [0.1, 0.15) is 0 Å². The van der Waals surface area contributed by atoms with Gasteiger partial charge in [-0.05, 0) is 61.1 Å². The summed E-state index contributed by atoms with van der Waals surface area (Å²) in [5.74, 6) is 0.0102. The SMILES string of the molecule is CN1CCC(=C2c3ccccc3CCc3sc(C(=O)NN4CCOCC4)cc32)CC1. The Hall–Kier alpha value is -1.99.